The smallest absolute Gasteiger partial charge is 0.186 e. The molecule has 5 heteroatoms. The predicted molar refractivity (Wildman–Crippen MR) is 47.3 cm³/mol. The first-order valence-electron chi connectivity index (χ1n) is 3.41. The minimum Gasteiger partial charge on any atom is -0.288 e. The Balaban J connectivity index is 2.49. The van der Waals surface area contributed by atoms with Crippen LogP contribution in [0.3, 0.4) is 0 Å². The number of nitrogens with one attached hydrogen (secondary N) is 1. The lowest BCUT2D eigenvalue weighted by molar-refractivity contribution is -0.109. The summed E-state index contributed by atoms with van der Waals surface area (Å²) >= 11 is 1.23. The topological polar surface area (TPSA) is 58.0 Å². The number of thioether (sulfide) groups is 1. The Morgan fingerprint density at radius 3 is 2.73 bits per heavy atom. The molecule has 1 N–H and O–H groups in total. The Morgan fingerprint density at radius 1 is 1.73 bits per heavy atom. The van der Waals surface area contributed by atoms with Gasteiger partial charge in [0.25, 0.3) is 0 Å². The second kappa shape index (κ2) is 3.15. The van der Waals surface area contributed by atoms with E-state index < -0.39 is 9.73 Å². The lowest BCUT2D eigenvalue weighted by Gasteiger charge is -2.01. The van der Waals surface area contributed by atoms with Crippen molar-refractivity contribution in [3.8, 4) is 0 Å². The third kappa shape index (κ3) is 2.83. The highest BCUT2D eigenvalue weighted by Crippen LogP contribution is 2.24. The van der Waals surface area contributed by atoms with Gasteiger partial charge in [-0.3, -0.25) is 9.57 Å². The van der Waals surface area contributed by atoms with Crippen molar-refractivity contribution in [2.75, 3.05) is 11.5 Å². The first-order chi connectivity index (χ1) is 4.99. The summed E-state index contributed by atoms with van der Waals surface area (Å²) in [5, 5.41) is 0.199. The second-order valence-corrected chi connectivity index (χ2v) is 6.55. The van der Waals surface area contributed by atoms with Crippen LogP contribution in [0.15, 0.2) is 0 Å². The highest BCUT2D eigenvalue weighted by molar-refractivity contribution is 8.14. The Labute approximate surface area is 70.9 Å². The molecular weight excluding hydrogens is 182 g/mol. The molecule has 0 aromatic carbocycles. The first-order valence-corrected chi connectivity index (χ1v) is 6.18. The number of carbonyl (C=O) groups is 1. The van der Waals surface area contributed by atoms with Crippen LogP contribution >= 0.6 is 11.8 Å². The second-order valence-electron chi connectivity index (χ2n) is 2.70. The molecule has 0 bridgehead atoms. The summed E-state index contributed by atoms with van der Waals surface area (Å²) in [6.45, 7) is 1.51. The third-order valence-electron chi connectivity index (χ3n) is 1.56. The molecule has 2 unspecified atom stereocenters. The highest BCUT2D eigenvalue weighted by atomic mass is 32.2. The molecule has 1 heterocycles. The normalized spacial score (nSPS) is 37.4. The van der Waals surface area contributed by atoms with E-state index in [9.17, 15) is 9.00 Å². The Hall–Kier alpha value is -0.0300. The number of carbonyl (C=O) groups excluding carboxylic acids is 1. The summed E-state index contributed by atoms with van der Waals surface area (Å²) in [4.78, 5) is 10.6. The van der Waals surface area contributed by atoms with Crippen molar-refractivity contribution < 1.29 is 9.00 Å². The molecule has 64 valence electrons. The Bertz CT molecular complexity index is 258. The maximum Gasteiger partial charge on any atom is 0.186 e. The van der Waals surface area contributed by atoms with Crippen LogP contribution in [0.2, 0.25) is 0 Å². The van der Waals surface area contributed by atoms with Crippen LogP contribution in [0.25, 0.3) is 0 Å². The van der Waals surface area contributed by atoms with E-state index in [1.165, 1.54) is 18.7 Å². The molecule has 0 aromatic heterocycles. The zero-order valence-corrected chi connectivity index (χ0v) is 7.96. The van der Waals surface area contributed by atoms with E-state index in [2.05, 4.69) is 0 Å². The molecule has 0 saturated carbocycles. The van der Waals surface area contributed by atoms with Crippen LogP contribution in [-0.4, -0.2) is 26.1 Å². The van der Waals surface area contributed by atoms with Gasteiger partial charge in [-0.05, 0) is 6.42 Å². The lowest BCUT2D eigenvalue weighted by atomic mass is 10.4. The van der Waals surface area contributed by atoms with Crippen LogP contribution < -0.4 is 0 Å². The molecule has 0 spiro atoms. The average Bonchev–Trinajstić information content (AvgIpc) is 2.08. The molecule has 2 atom stereocenters. The minimum absolute atomic E-state index is 0.0621. The number of hydrogen-bond acceptors (Lipinski definition) is 4. The molecule has 1 rings (SSSR count). The van der Waals surface area contributed by atoms with Gasteiger partial charge < -0.3 is 0 Å². The Morgan fingerprint density at radius 2 is 2.36 bits per heavy atom. The molecular formula is C6H11NO2S2. The molecule has 1 aliphatic heterocycles. The van der Waals surface area contributed by atoms with Crippen LogP contribution in [0, 0.1) is 4.78 Å². The van der Waals surface area contributed by atoms with Gasteiger partial charge in [0.2, 0.25) is 0 Å². The summed E-state index contributed by atoms with van der Waals surface area (Å²) in [7, 11) is -2.31. The van der Waals surface area contributed by atoms with Crippen molar-refractivity contribution in [3.05, 3.63) is 0 Å². The van der Waals surface area contributed by atoms with Crippen molar-refractivity contribution in [1.82, 2.24) is 0 Å². The molecule has 11 heavy (non-hydrogen) atoms. The first kappa shape index (κ1) is 9.06. The van der Waals surface area contributed by atoms with Crippen molar-refractivity contribution in [3.63, 3.8) is 0 Å². The van der Waals surface area contributed by atoms with E-state index in [4.69, 9.17) is 4.78 Å². The standard InChI is InChI=1S/C6H11NO2S2/c1-5(8)10-6-2-3-11(7,9)4-6/h6-7H,2-4H2,1H3. The zero-order chi connectivity index (χ0) is 8.48. The molecule has 1 fully saturated rings. The molecule has 0 radical (unpaired) electrons. The van der Waals surface area contributed by atoms with Gasteiger partial charge in [-0.15, -0.1) is 0 Å². The van der Waals surface area contributed by atoms with Crippen molar-refractivity contribution in [2.45, 2.75) is 18.6 Å². The number of rotatable bonds is 1. The van der Waals surface area contributed by atoms with Crippen LogP contribution in [0.1, 0.15) is 13.3 Å². The van der Waals surface area contributed by atoms with E-state index in [0.717, 1.165) is 6.42 Å². The predicted octanol–water partition coefficient (Wildman–Crippen LogP) is 1.09. The maximum absolute atomic E-state index is 11.1. The van der Waals surface area contributed by atoms with E-state index in [0.29, 0.717) is 11.5 Å². The van der Waals surface area contributed by atoms with Crippen LogP contribution in [0.5, 0.6) is 0 Å². The van der Waals surface area contributed by atoms with Gasteiger partial charge in [0, 0.05) is 33.4 Å². The van der Waals surface area contributed by atoms with Crippen LogP contribution in [0.4, 0.5) is 0 Å². The van der Waals surface area contributed by atoms with Crippen LogP contribution in [-0.2, 0) is 14.5 Å². The van der Waals surface area contributed by atoms with Gasteiger partial charge in [-0.2, -0.15) is 0 Å². The maximum atomic E-state index is 11.1. The van der Waals surface area contributed by atoms with E-state index in [1.807, 2.05) is 0 Å². The third-order valence-corrected chi connectivity index (χ3v) is 4.67. The quantitative estimate of drug-likeness (QED) is 0.678. The van der Waals surface area contributed by atoms with Crippen molar-refractivity contribution >= 4 is 26.6 Å². The summed E-state index contributed by atoms with van der Waals surface area (Å²) < 4.78 is 18.4. The van der Waals surface area contributed by atoms with Gasteiger partial charge >= 0.3 is 0 Å². The average molecular weight is 193 g/mol. The van der Waals surface area contributed by atoms with Gasteiger partial charge in [-0.1, -0.05) is 11.8 Å². The molecule has 0 aromatic rings. The fraction of sp³-hybridized carbons (Fsp3) is 0.833. The largest absolute Gasteiger partial charge is 0.288 e. The fourth-order valence-electron chi connectivity index (χ4n) is 1.12. The monoisotopic (exact) mass is 193 g/mol. The Kier molecular flexibility index (Phi) is 2.59. The molecule has 1 saturated heterocycles. The SMILES string of the molecule is CC(=O)SC1CCS(=N)(=O)C1. The van der Waals surface area contributed by atoms with Crippen molar-refractivity contribution in [1.29, 1.82) is 4.78 Å². The van der Waals surface area contributed by atoms with Gasteiger partial charge in [0.05, 0.1) is 0 Å². The summed E-state index contributed by atoms with van der Waals surface area (Å²) in [6, 6.07) is 0. The van der Waals surface area contributed by atoms with Crippen molar-refractivity contribution in [2.24, 2.45) is 0 Å². The lowest BCUT2D eigenvalue weighted by Crippen LogP contribution is -2.06. The summed E-state index contributed by atoms with van der Waals surface area (Å²) in [5.41, 5.74) is 0. The fourth-order valence-corrected chi connectivity index (χ4v) is 4.50. The van der Waals surface area contributed by atoms with E-state index in [1.54, 1.807) is 0 Å². The molecule has 0 amide bonds. The highest BCUT2D eigenvalue weighted by Gasteiger charge is 2.26. The molecule has 3 nitrogen and oxygen atoms in total. The van der Waals surface area contributed by atoms with E-state index in [-0.39, 0.29) is 10.4 Å². The molecule has 1 aliphatic rings. The van der Waals surface area contributed by atoms with Gasteiger partial charge in [0.1, 0.15) is 0 Å². The number of hydrogen-bond donors (Lipinski definition) is 1. The zero-order valence-electron chi connectivity index (χ0n) is 6.33. The molecule has 0 aliphatic carbocycles. The van der Waals surface area contributed by atoms with E-state index >= 15 is 0 Å². The van der Waals surface area contributed by atoms with Gasteiger partial charge in [-0.25, -0.2) is 4.21 Å². The van der Waals surface area contributed by atoms with Gasteiger partial charge in [0.15, 0.2) is 5.12 Å². The summed E-state index contributed by atoms with van der Waals surface area (Å²) in [6.07, 6.45) is 0.757. The summed E-state index contributed by atoms with van der Waals surface area (Å²) in [5.74, 6) is 0.870. The minimum atomic E-state index is -2.31.